The van der Waals surface area contributed by atoms with E-state index in [1.54, 1.807) is 38.2 Å². The van der Waals surface area contributed by atoms with Gasteiger partial charge in [0.1, 0.15) is 10.0 Å². The van der Waals surface area contributed by atoms with Crippen LogP contribution in [0.15, 0.2) is 70.6 Å². The quantitative estimate of drug-likeness (QED) is 0.159. The van der Waals surface area contributed by atoms with Crippen LogP contribution in [0.1, 0.15) is 51.0 Å². The number of aromatic nitrogens is 2. The summed E-state index contributed by atoms with van der Waals surface area (Å²) >= 11 is 6.72. The molecule has 2 aliphatic heterocycles. The van der Waals surface area contributed by atoms with Crippen molar-refractivity contribution in [1.82, 2.24) is 19.0 Å². The van der Waals surface area contributed by atoms with E-state index in [9.17, 15) is 18.0 Å². The second-order valence-corrected chi connectivity index (χ2v) is 14.5. The van der Waals surface area contributed by atoms with Gasteiger partial charge in [-0.25, -0.2) is 13.1 Å². The second-order valence-electron chi connectivity index (χ2n) is 10.9. The van der Waals surface area contributed by atoms with Crippen LogP contribution in [0, 0.1) is 5.92 Å². The van der Waals surface area contributed by atoms with Crippen molar-refractivity contribution in [2.24, 2.45) is 5.92 Å². The molecule has 0 unspecified atom stereocenters. The molecule has 1 N–H and O–H groups in total. The van der Waals surface area contributed by atoms with E-state index >= 15 is 0 Å². The van der Waals surface area contributed by atoms with Crippen molar-refractivity contribution >= 4 is 56.3 Å². The average Bonchev–Trinajstić information content (AvgIpc) is 3.53. The Balaban J connectivity index is 1.45. The highest BCUT2D eigenvalue weighted by Crippen LogP contribution is 2.36. The zero-order valence-corrected chi connectivity index (χ0v) is 26.3. The molecule has 0 atom stereocenters. The number of piperidine rings is 1. The number of carbonyl (C=O) groups is 2. The van der Waals surface area contributed by atoms with Crippen molar-refractivity contribution in [2.45, 2.75) is 50.3 Å². The van der Waals surface area contributed by atoms with E-state index in [-0.39, 0.29) is 17.2 Å². The number of rotatable bonds is 11. The molecule has 1 amide bonds. The Labute approximate surface area is 261 Å². The largest absolute Gasteiger partial charge is 0.481 e. The summed E-state index contributed by atoms with van der Waals surface area (Å²) in [5.41, 5.74) is 2.66. The maximum Gasteiger partial charge on any atom is 0.303 e. The maximum absolute atomic E-state index is 13.5. The highest BCUT2D eigenvalue weighted by Gasteiger charge is 2.32. The molecule has 0 aliphatic carbocycles. The first-order valence-electron chi connectivity index (χ1n) is 14.4. The first-order valence-corrected chi connectivity index (χ1v) is 17.0. The van der Waals surface area contributed by atoms with Crippen LogP contribution < -0.4 is 0 Å². The Morgan fingerprint density at radius 2 is 1.84 bits per heavy atom. The Hall–Kier alpha value is -3.32. The molecular weight excluding hydrogens is 605 g/mol. The van der Waals surface area contributed by atoms with Gasteiger partial charge in [0.15, 0.2) is 0 Å². The number of amides is 1. The lowest BCUT2D eigenvalue weighted by molar-refractivity contribution is -0.137. The molecule has 3 aromatic rings. The van der Waals surface area contributed by atoms with Gasteiger partial charge in [0.05, 0.1) is 15.5 Å². The number of para-hydroxylation sites is 1. The predicted octanol–water partition coefficient (Wildman–Crippen LogP) is 5.81. The number of carboxylic acid groups (broad SMARTS) is 1. The first-order chi connectivity index (χ1) is 20.6. The number of benzene rings is 2. The molecular formula is C31H34N4O5S3. The van der Waals surface area contributed by atoms with Crippen LogP contribution >= 0.6 is 24.0 Å². The molecule has 0 spiro atoms. The smallest absolute Gasteiger partial charge is 0.303 e. The minimum absolute atomic E-state index is 0.103. The third-order valence-corrected chi connectivity index (χ3v) is 11.0. The van der Waals surface area contributed by atoms with Crippen molar-refractivity contribution in [3.05, 3.63) is 71.3 Å². The van der Waals surface area contributed by atoms with Gasteiger partial charge in [-0.2, -0.15) is 9.40 Å². The molecule has 3 heterocycles. The fourth-order valence-corrected chi connectivity index (χ4v) is 7.98. The molecule has 2 fully saturated rings. The van der Waals surface area contributed by atoms with E-state index in [0.29, 0.717) is 70.9 Å². The Bertz CT molecular complexity index is 1640. The number of unbranched alkanes of at least 4 members (excludes halogenated alkanes) is 2. The molecule has 9 nitrogen and oxygen atoms in total. The van der Waals surface area contributed by atoms with Gasteiger partial charge in [-0.3, -0.25) is 14.5 Å². The molecule has 2 aliphatic rings. The molecule has 226 valence electrons. The van der Waals surface area contributed by atoms with Gasteiger partial charge >= 0.3 is 5.97 Å². The summed E-state index contributed by atoms with van der Waals surface area (Å²) in [6.07, 6.45) is 7.26. The number of carbonyl (C=O) groups excluding carboxylic acids is 1. The predicted molar refractivity (Wildman–Crippen MR) is 172 cm³/mol. The van der Waals surface area contributed by atoms with Gasteiger partial charge in [-0.05, 0) is 61.9 Å². The molecule has 43 heavy (non-hydrogen) atoms. The monoisotopic (exact) mass is 638 g/mol. The van der Waals surface area contributed by atoms with Crippen LogP contribution in [-0.2, 0) is 19.6 Å². The number of thioether (sulfide) groups is 1. The maximum atomic E-state index is 13.5. The lowest BCUT2D eigenvalue weighted by Crippen LogP contribution is -2.37. The fraction of sp³-hybridized carbons (Fsp3) is 0.355. The van der Waals surface area contributed by atoms with Crippen LogP contribution in [0.4, 0.5) is 0 Å². The number of nitrogens with zero attached hydrogens (tertiary/aromatic N) is 4. The number of sulfonamides is 1. The van der Waals surface area contributed by atoms with Crippen molar-refractivity contribution in [3.8, 4) is 16.9 Å². The standard InChI is InChI=1S/C31H34N4O5S3/c1-22-14-17-33(18-15-22)43(39,40)26-12-8-9-23(19-26)29-24(21-35(32-29)25-10-4-2-5-11-25)20-27-30(38)34(31(41)42-27)16-7-3-6-13-28(36)37/h2,4-5,8-12,19-22H,3,6-7,13-18H2,1H3,(H,36,37). The van der Waals surface area contributed by atoms with Gasteiger partial charge in [-0.15, -0.1) is 0 Å². The van der Waals surface area contributed by atoms with E-state index < -0.39 is 16.0 Å². The summed E-state index contributed by atoms with van der Waals surface area (Å²) in [4.78, 5) is 26.3. The summed E-state index contributed by atoms with van der Waals surface area (Å²) in [5.74, 6) is -0.529. The molecule has 2 aromatic carbocycles. The number of thiocarbonyl (C=S) groups is 1. The molecule has 0 saturated carbocycles. The topological polar surface area (TPSA) is 113 Å². The van der Waals surface area contributed by atoms with Gasteiger partial charge in [0, 0.05) is 43.4 Å². The molecule has 0 bridgehead atoms. The SMILES string of the molecule is CC1CCN(S(=O)(=O)c2cccc(-c3nn(-c4ccccc4)cc3C=C3SC(=S)N(CCCCCC(=O)O)C3=O)c2)CC1. The number of aliphatic carboxylic acids is 1. The van der Waals surface area contributed by atoms with Crippen LogP contribution in [-0.4, -0.2) is 68.3 Å². The highest BCUT2D eigenvalue weighted by molar-refractivity contribution is 8.26. The fourth-order valence-electron chi connectivity index (χ4n) is 5.17. The number of carboxylic acids is 1. The summed E-state index contributed by atoms with van der Waals surface area (Å²) in [5, 5.41) is 13.7. The van der Waals surface area contributed by atoms with Crippen molar-refractivity contribution in [1.29, 1.82) is 0 Å². The molecule has 2 saturated heterocycles. The molecule has 0 radical (unpaired) electrons. The van der Waals surface area contributed by atoms with E-state index in [1.165, 1.54) is 11.8 Å². The minimum Gasteiger partial charge on any atom is -0.481 e. The number of hydrogen-bond donors (Lipinski definition) is 1. The Kier molecular flexibility index (Phi) is 9.80. The van der Waals surface area contributed by atoms with Crippen molar-refractivity contribution in [2.75, 3.05) is 19.6 Å². The van der Waals surface area contributed by atoms with Gasteiger partial charge in [0.25, 0.3) is 5.91 Å². The summed E-state index contributed by atoms with van der Waals surface area (Å²) in [7, 11) is -3.67. The van der Waals surface area contributed by atoms with E-state index in [1.807, 2.05) is 42.6 Å². The van der Waals surface area contributed by atoms with Gasteiger partial charge in [-0.1, -0.05) is 67.7 Å². The Morgan fingerprint density at radius 1 is 1.09 bits per heavy atom. The zero-order valence-electron chi connectivity index (χ0n) is 23.9. The summed E-state index contributed by atoms with van der Waals surface area (Å²) in [6, 6.07) is 16.4. The molecule has 1 aromatic heterocycles. The van der Waals surface area contributed by atoms with E-state index in [4.69, 9.17) is 22.4 Å². The normalized spacial score (nSPS) is 17.7. The van der Waals surface area contributed by atoms with Gasteiger partial charge < -0.3 is 5.11 Å². The first kappa shape index (κ1) is 31.1. The van der Waals surface area contributed by atoms with Crippen LogP contribution in [0.2, 0.25) is 0 Å². The molecule has 5 rings (SSSR count). The lowest BCUT2D eigenvalue weighted by Gasteiger charge is -2.29. The third-order valence-electron chi connectivity index (χ3n) is 7.68. The summed E-state index contributed by atoms with van der Waals surface area (Å²) < 4.78 is 30.8. The third kappa shape index (κ3) is 7.26. The summed E-state index contributed by atoms with van der Waals surface area (Å²) in [6.45, 7) is 3.57. The van der Waals surface area contributed by atoms with Gasteiger partial charge in [0.2, 0.25) is 10.0 Å². The lowest BCUT2D eigenvalue weighted by atomic mass is 10.0. The zero-order chi connectivity index (χ0) is 30.6. The van der Waals surface area contributed by atoms with Crippen LogP contribution in [0.3, 0.4) is 0 Å². The van der Waals surface area contributed by atoms with Crippen molar-refractivity contribution < 1.29 is 23.1 Å². The van der Waals surface area contributed by atoms with Crippen LogP contribution in [0.5, 0.6) is 0 Å². The Morgan fingerprint density at radius 3 is 2.56 bits per heavy atom. The average molecular weight is 639 g/mol. The second kappa shape index (κ2) is 13.5. The van der Waals surface area contributed by atoms with Crippen molar-refractivity contribution in [3.63, 3.8) is 0 Å². The van der Waals surface area contributed by atoms with Crippen LogP contribution in [0.25, 0.3) is 23.0 Å². The highest BCUT2D eigenvalue weighted by atomic mass is 32.2. The number of hydrogen-bond acceptors (Lipinski definition) is 7. The van der Waals surface area contributed by atoms with E-state index in [0.717, 1.165) is 18.5 Å². The minimum atomic E-state index is -3.67. The molecule has 12 heteroatoms. The van der Waals surface area contributed by atoms with E-state index in [2.05, 4.69) is 6.92 Å².